The van der Waals surface area contributed by atoms with Crippen LogP contribution >= 0.6 is 12.4 Å². The number of hydrogen-bond acceptors (Lipinski definition) is 4. The molecule has 6 heteroatoms. The van der Waals surface area contributed by atoms with Crippen molar-refractivity contribution in [2.24, 2.45) is 11.7 Å². The Labute approximate surface area is 127 Å². The van der Waals surface area contributed by atoms with Gasteiger partial charge in [0.05, 0.1) is 19.3 Å². The SMILES string of the molecule is CC(COC1CCOC1)NC(=O)C1CCCC(N)C1.Cl. The lowest BCUT2D eigenvalue weighted by atomic mass is 9.85. The van der Waals surface area contributed by atoms with E-state index in [0.29, 0.717) is 13.2 Å². The first kappa shape index (κ1) is 17.7. The minimum Gasteiger partial charge on any atom is -0.379 e. The van der Waals surface area contributed by atoms with Gasteiger partial charge in [-0.15, -0.1) is 12.4 Å². The predicted octanol–water partition coefficient (Wildman–Crippen LogP) is 1.24. The third kappa shape index (κ3) is 5.56. The molecule has 1 saturated heterocycles. The molecule has 0 aromatic rings. The third-order valence-electron chi connectivity index (χ3n) is 3.94. The van der Waals surface area contributed by atoms with Gasteiger partial charge < -0.3 is 20.5 Å². The third-order valence-corrected chi connectivity index (χ3v) is 3.94. The summed E-state index contributed by atoms with van der Waals surface area (Å²) in [4.78, 5) is 12.1. The van der Waals surface area contributed by atoms with Crippen LogP contribution < -0.4 is 11.1 Å². The van der Waals surface area contributed by atoms with E-state index in [1.165, 1.54) is 0 Å². The van der Waals surface area contributed by atoms with Crippen LogP contribution in [0.1, 0.15) is 39.0 Å². The lowest BCUT2D eigenvalue weighted by Gasteiger charge is -2.27. The highest BCUT2D eigenvalue weighted by atomic mass is 35.5. The summed E-state index contributed by atoms with van der Waals surface area (Å²) in [6.07, 6.45) is 5.04. The molecule has 118 valence electrons. The Morgan fingerprint density at radius 3 is 2.90 bits per heavy atom. The van der Waals surface area contributed by atoms with Crippen LogP contribution in [0.25, 0.3) is 0 Å². The summed E-state index contributed by atoms with van der Waals surface area (Å²) in [5.41, 5.74) is 5.92. The Hall–Kier alpha value is -0.360. The summed E-state index contributed by atoms with van der Waals surface area (Å²) >= 11 is 0. The number of nitrogens with one attached hydrogen (secondary N) is 1. The molecule has 0 spiro atoms. The first-order valence-corrected chi connectivity index (χ1v) is 7.40. The van der Waals surface area contributed by atoms with Crippen LogP contribution in [-0.4, -0.2) is 43.9 Å². The molecule has 0 aromatic heterocycles. The van der Waals surface area contributed by atoms with Crippen molar-refractivity contribution in [3.63, 3.8) is 0 Å². The summed E-state index contributed by atoms with van der Waals surface area (Å²) in [5.74, 6) is 0.218. The van der Waals surface area contributed by atoms with Crippen LogP contribution in [0, 0.1) is 5.92 Å². The highest BCUT2D eigenvalue weighted by Crippen LogP contribution is 2.23. The Morgan fingerprint density at radius 1 is 1.45 bits per heavy atom. The second kappa shape index (κ2) is 8.82. The maximum Gasteiger partial charge on any atom is 0.223 e. The van der Waals surface area contributed by atoms with Gasteiger partial charge in [-0.1, -0.05) is 6.42 Å². The molecule has 1 saturated carbocycles. The number of nitrogens with two attached hydrogens (primary N) is 1. The molecule has 0 bridgehead atoms. The topological polar surface area (TPSA) is 73.6 Å². The van der Waals surface area contributed by atoms with Gasteiger partial charge in [0, 0.05) is 24.6 Å². The number of amides is 1. The van der Waals surface area contributed by atoms with Crippen molar-refractivity contribution >= 4 is 18.3 Å². The van der Waals surface area contributed by atoms with Crippen LogP contribution in [0.3, 0.4) is 0 Å². The van der Waals surface area contributed by atoms with E-state index in [1.807, 2.05) is 6.92 Å². The molecule has 2 rings (SSSR count). The molecule has 0 radical (unpaired) electrons. The average Bonchev–Trinajstić information content (AvgIpc) is 2.89. The molecular formula is C14H27ClN2O3. The smallest absolute Gasteiger partial charge is 0.223 e. The van der Waals surface area contributed by atoms with Crippen molar-refractivity contribution in [1.82, 2.24) is 5.32 Å². The zero-order valence-corrected chi connectivity index (χ0v) is 13.0. The summed E-state index contributed by atoms with van der Waals surface area (Å²) in [7, 11) is 0. The van der Waals surface area contributed by atoms with Gasteiger partial charge in [0.25, 0.3) is 0 Å². The van der Waals surface area contributed by atoms with Gasteiger partial charge in [0.15, 0.2) is 0 Å². The van der Waals surface area contributed by atoms with Crippen molar-refractivity contribution in [1.29, 1.82) is 0 Å². The second-order valence-electron chi connectivity index (χ2n) is 5.85. The molecule has 1 amide bonds. The van der Waals surface area contributed by atoms with Gasteiger partial charge in [-0.3, -0.25) is 4.79 Å². The first-order chi connectivity index (χ1) is 9.15. The molecule has 1 aliphatic carbocycles. The van der Waals surface area contributed by atoms with Crippen molar-refractivity contribution in [2.45, 2.75) is 57.2 Å². The van der Waals surface area contributed by atoms with Crippen LogP contribution in [0.5, 0.6) is 0 Å². The van der Waals surface area contributed by atoms with Crippen molar-refractivity contribution in [3.8, 4) is 0 Å². The van der Waals surface area contributed by atoms with E-state index in [1.54, 1.807) is 0 Å². The summed E-state index contributed by atoms with van der Waals surface area (Å²) < 4.78 is 11.0. The van der Waals surface area contributed by atoms with Crippen LogP contribution in [-0.2, 0) is 14.3 Å². The maximum atomic E-state index is 12.1. The van der Waals surface area contributed by atoms with Crippen molar-refractivity contribution in [2.75, 3.05) is 19.8 Å². The number of halogens is 1. The van der Waals surface area contributed by atoms with E-state index in [2.05, 4.69) is 5.32 Å². The zero-order valence-electron chi connectivity index (χ0n) is 12.2. The molecule has 1 heterocycles. The largest absolute Gasteiger partial charge is 0.379 e. The number of rotatable bonds is 5. The lowest BCUT2D eigenvalue weighted by molar-refractivity contribution is -0.127. The Kier molecular flexibility index (Phi) is 7.80. The number of ether oxygens (including phenoxy) is 2. The lowest BCUT2D eigenvalue weighted by Crippen LogP contribution is -2.43. The minimum atomic E-state index is 0. The second-order valence-corrected chi connectivity index (χ2v) is 5.85. The van der Waals surface area contributed by atoms with Crippen LogP contribution in [0.2, 0.25) is 0 Å². The van der Waals surface area contributed by atoms with Crippen LogP contribution in [0.4, 0.5) is 0 Å². The quantitative estimate of drug-likeness (QED) is 0.801. The van der Waals surface area contributed by atoms with Crippen molar-refractivity contribution < 1.29 is 14.3 Å². The van der Waals surface area contributed by atoms with Gasteiger partial charge in [-0.05, 0) is 32.6 Å². The standard InChI is InChI=1S/C14H26N2O3.ClH/c1-10(8-19-13-5-6-18-9-13)16-14(17)11-3-2-4-12(15)7-11;/h10-13H,2-9,15H2,1H3,(H,16,17);1H. The van der Waals surface area contributed by atoms with E-state index >= 15 is 0 Å². The Bertz CT molecular complexity index is 298. The van der Waals surface area contributed by atoms with E-state index in [4.69, 9.17) is 15.2 Å². The van der Waals surface area contributed by atoms with Gasteiger partial charge in [-0.25, -0.2) is 0 Å². The summed E-state index contributed by atoms with van der Waals surface area (Å²) in [5, 5.41) is 3.03. The molecule has 0 aromatic carbocycles. The average molecular weight is 307 g/mol. The van der Waals surface area contributed by atoms with Gasteiger partial charge in [-0.2, -0.15) is 0 Å². The van der Waals surface area contributed by atoms with E-state index in [0.717, 1.165) is 38.7 Å². The van der Waals surface area contributed by atoms with Crippen LogP contribution in [0.15, 0.2) is 0 Å². The molecule has 3 N–H and O–H groups in total. The monoisotopic (exact) mass is 306 g/mol. The van der Waals surface area contributed by atoms with Crippen molar-refractivity contribution in [3.05, 3.63) is 0 Å². The number of carbonyl (C=O) groups excluding carboxylic acids is 1. The number of carbonyl (C=O) groups is 1. The molecule has 2 aliphatic rings. The molecule has 1 aliphatic heterocycles. The molecule has 5 nitrogen and oxygen atoms in total. The fraction of sp³-hybridized carbons (Fsp3) is 0.929. The summed E-state index contributed by atoms with van der Waals surface area (Å²) in [6, 6.07) is 0.234. The maximum absolute atomic E-state index is 12.1. The van der Waals surface area contributed by atoms with E-state index < -0.39 is 0 Å². The molecule has 4 atom stereocenters. The normalized spacial score (nSPS) is 31.4. The summed E-state index contributed by atoms with van der Waals surface area (Å²) in [6.45, 7) is 4.00. The molecular weight excluding hydrogens is 280 g/mol. The molecule has 20 heavy (non-hydrogen) atoms. The number of hydrogen-bond donors (Lipinski definition) is 2. The predicted molar refractivity (Wildman–Crippen MR) is 80.0 cm³/mol. The zero-order chi connectivity index (χ0) is 13.7. The first-order valence-electron chi connectivity index (χ1n) is 7.40. The highest BCUT2D eigenvalue weighted by molar-refractivity contribution is 5.85. The fourth-order valence-electron chi connectivity index (χ4n) is 2.79. The highest BCUT2D eigenvalue weighted by Gasteiger charge is 2.26. The Balaban J connectivity index is 0.00000200. The van der Waals surface area contributed by atoms with E-state index in [-0.39, 0.29) is 42.4 Å². The van der Waals surface area contributed by atoms with Gasteiger partial charge >= 0.3 is 0 Å². The Morgan fingerprint density at radius 2 is 2.25 bits per heavy atom. The van der Waals surface area contributed by atoms with Gasteiger partial charge in [0.1, 0.15) is 0 Å². The minimum absolute atomic E-state index is 0. The fourth-order valence-corrected chi connectivity index (χ4v) is 2.79. The van der Waals surface area contributed by atoms with Gasteiger partial charge in [0.2, 0.25) is 5.91 Å². The molecule has 4 unspecified atom stereocenters. The van der Waals surface area contributed by atoms with E-state index in [9.17, 15) is 4.79 Å². The molecule has 2 fully saturated rings.